The van der Waals surface area contributed by atoms with Crippen LogP contribution >= 0.6 is 0 Å². The lowest BCUT2D eigenvalue weighted by Crippen LogP contribution is -1.88. The number of aromatic nitrogens is 3. The van der Waals surface area contributed by atoms with Gasteiger partial charge >= 0.3 is 0 Å². The first-order valence-corrected chi connectivity index (χ1v) is 8.90. The highest BCUT2D eigenvalue weighted by atomic mass is 16.3. The van der Waals surface area contributed by atoms with Crippen LogP contribution in [0.25, 0.3) is 22.2 Å². The Morgan fingerprint density at radius 2 is 1.67 bits per heavy atom. The molecule has 0 atom stereocenters. The van der Waals surface area contributed by atoms with E-state index in [0.717, 1.165) is 28.6 Å². The minimum Gasteiger partial charge on any atom is -0.507 e. The molecule has 0 amide bonds. The average Bonchev–Trinajstić information content (AvgIpc) is 3.06. The monoisotopic (exact) mass is 323 g/mol. The van der Waals surface area contributed by atoms with Crippen LogP contribution in [0.2, 0.25) is 0 Å². The summed E-state index contributed by atoms with van der Waals surface area (Å²) in [6.07, 6.45) is 8.77. The molecular formula is C20H25N3O. The highest BCUT2D eigenvalue weighted by Crippen LogP contribution is 2.31. The van der Waals surface area contributed by atoms with Crippen molar-refractivity contribution in [3.8, 4) is 16.9 Å². The fourth-order valence-electron chi connectivity index (χ4n) is 3.09. The van der Waals surface area contributed by atoms with E-state index in [1.807, 2.05) is 30.3 Å². The lowest BCUT2D eigenvalue weighted by atomic mass is 9.99. The molecule has 0 aliphatic rings. The molecule has 0 radical (unpaired) electrons. The zero-order valence-electron chi connectivity index (χ0n) is 14.3. The largest absolute Gasteiger partial charge is 0.507 e. The fourth-order valence-corrected chi connectivity index (χ4v) is 3.09. The summed E-state index contributed by atoms with van der Waals surface area (Å²) >= 11 is 0. The Balaban J connectivity index is 1.64. The first-order valence-electron chi connectivity index (χ1n) is 8.90. The number of hydrogen-bond donors (Lipinski definition) is 2. The maximum atomic E-state index is 10.4. The van der Waals surface area contributed by atoms with Crippen LogP contribution in [0.4, 0.5) is 0 Å². The molecule has 2 N–H and O–H groups in total. The number of fused-ring (bicyclic) bond motifs is 1. The quantitative estimate of drug-likeness (QED) is 0.558. The third-order valence-electron chi connectivity index (χ3n) is 4.51. The molecule has 0 saturated carbocycles. The van der Waals surface area contributed by atoms with Crippen molar-refractivity contribution in [3.05, 3.63) is 42.0 Å². The maximum Gasteiger partial charge on any atom is 0.123 e. The maximum absolute atomic E-state index is 10.4. The Morgan fingerprint density at radius 3 is 2.50 bits per heavy atom. The molecule has 0 aliphatic heterocycles. The second kappa shape index (κ2) is 7.95. The first-order chi connectivity index (χ1) is 11.8. The van der Waals surface area contributed by atoms with Gasteiger partial charge in [-0.1, -0.05) is 57.2 Å². The lowest BCUT2D eigenvalue weighted by Gasteiger charge is -2.08. The molecule has 0 unspecified atom stereocenters. The molecule has 0 bridgehead atoms. The number of H-pyrrole nitrogens is 1. The number of hydrogen-bond acceptors (Lipinski definition) is 3. The Bertz CT molecular complexity index is 794. The number of nitrogens with zero attached hydrogens (tertiary/aromatic N) is 2. The predicted octanol–water partition coefficient (Wildman–Crippen LogP) is 5.23. The molecule has 0 spiro atoms. The summed E-state index contributed by atoms with van der Waals surface area (Å²) in [5, 5.41) is 21.2. The third-order valence-corrected chi connectivity index (χ3v) is 4.51. The molecule has 0 aliphatic carbocycles. The van der Waals surface area contributed by atoms with Crippen LogP contribution in [0, 0.1) is 0 Å². The minimum absolute atomic E-state index is 0.335. The Hall–Kier alpha value is -2.36. The van der Waals surface area contributed by atoms with Crippen LogP contribution in [0.5, 0.6) is 5.75 Å². The second-order valence-corrected chi connectivity index (χ2v) is 6.40. The van der Waals surface area contributed by atoms with Crippen molar-refractivity contribution < 1.29 is 5.11 Å². The number of aryl methyl sites for hydroxylation is 1. The van der Waals surface area contributed by atoms with Gasteiger partial charge in [-0.3, -0.25) is 0 Å². The lowest BCUT2D eigenvalue weighted by molar-refractivity contribution is 0.476. The Labute approximate surface area is 142 Å². The second-order valence-electron chi connectivity index (χ2n) is 6.40. The summed E-state index contributed by atoms with van der Waals surface area (Å²) in [6.45, 7) is 2.24. The molecule has 126 valence electrons. The van der Waals surface area contributed by atoms with Gasteiger partial charge in [0.2, 0.25) is 0 Å². The SMILES string of the molecule is CCCCCCCCc1ccc(-c2ccc3n[nH]nc3c2)c(O)c1. The van der Waals surface area contributed by atoms with Crippen LogP contribution < -0.4 is 0 Å². The van der Waals surface area contributed by atoms with Crippen molar-refractivity contribution in [2.75, 3.05) is 0 Å². The minimum atomic E-state index is 0.335. The van der Waals surface area contributed by atoms with Gasteiger partial charge in [-0.05, 0) is 42.2 Å². The van der Waals surface area contributed by atoms with Gasteiger partial charge in [0.25, 0.3) is 0 Å². The van der Waals surface area contributed by atoms with E-state index in [1.54, 1.807) is 0 Å². The zero-order valence-corrected chi connectivity index (χ0v) is 14.3. The number of benzene rings is 2. The van der Waals surface area contributed by atoms with E-state index in [2.05, 4.69) is 28.4 Å². The van der Waals surface area contributed by atoms with E-state index in [9.17, 15) is 5.11 Å². The van der Waals surface area contributed by atoms with E-state index in [0.29, 0.717) is 5.75 Å². The highest BCUT2D eigenvalue weighted by molar-refractivity contribution is 5.82. The first kappa shape index (κ1) is 16.5. The number of unbranched alkanes of at least 4 members (excludes halogenated alkanes) is 5. The van der Waals surface area contributed by atoms with Crippen molar-refractivity contribution in [3.63, 3.8) is 0 Å². The predicted molar refractivity (Wildman–Crippen MR) is 98.1 cm³/mol. The Morgan fingerprint density at radius 1 is 0.875 bits per heavy atom. The van der Waals surface area contributed by atoms with Crippen LogP contribution in [0.3, 0.4) is 0 Å². The molecule has 2 aromatic carbocycles. The van der Waals surface area contributed by atoms with Crippen LogP contribution in [0.15, 0.2) is 36.4 Å². The van der Waals surface area contributed by atoms with E-state index in [4.69, 9.17) is 0 Å². The molecule has 4 heteroatoms. The molecule has 3 aromatic rings. The normalized spacial score (nSPS) is 11.2. The topological polar surface area (TPSA) is 61.8 Å². The highest BCUT2D eigenvalue weighted by Gasteiger charge is 2.08. The summed E-state index contributed by atoms with van der Waals surface area (Å²) in [5.74, 6) is 0.335. The van der Waals surface area contributed by atoms with Crippen LogP contribution in [-0.2, 0) is 6.42 Å². The third kappa shape index (κ3) is 3.94. The van der Waals surface area contributed by atoms with Gasteiger partial charge in [0.05, 0.1) is 0 Å². The number of aromatic amines is 1. The fraction of sp³-hybridized carbons (Fsp3) is 0.400. The summed E-state index contributed by atoms with van der Waals surface area (Å²) in [6, 6.07) is 11.8. The van der Waals surface area contributed by atoms with Crippen LogP contribution in [-0.4, -0.2) is 20.5 Å². The Kier molecular flexibility index (Phi) is 5.47. The van der Waals surface area contributed by atoms with Gasteiger partial charge in [-0.2, -0.15) is 15.4 Å². The van der Waals surface area contributed by atoms with E-state index in [-0.39, 0.29) is 0 Å². The van der Waals surface area contributed by atoms with Crippen LogP contribution in [0.1, 0.15) is 51.0 Å². The van der Waals surface area contributed by atoms with Crippen molar-refractivity contribution in [1.82, 2.24) is 15.4 Å². The standard InChI is InChI=1S/C20H25N3O/c1-2-3-4-5-6-7-8-15-9-11-17(20(24)13-15)16-10-12-18-19(14-16)22-23-21-18/h9-14,24H,2-8H2,1H3,(H,21,22,23). The molecular weight excluding hydrogens is 298 g/mol. The number of phenolic OH excluding ortho intramolecular Hbond substituents is 1. The van der Waals surface area contributed by atoms with Gasteiger partial charge < -0.3 is 5.11 Å². The summed E-state index contributed by atoms with van der Waals surface area (Å²) in [4.78, 5) is 0. The number of rotatable bonds is 8. The molecule has 24 heavy (non-hydrogen) atoms. The van der Waals surface area contributed by atoms with E-state index in [1.165, 1.54) is 44.1 Å². The molecule has 4 nitrogen and oxygen atoms in total. The van der Waals surface area contributed by atoms with E-state index < -0.39 is 0 Å². The summed E-state index contributed by atoms with van der Waals surface area (Å²) < 4.78 is 0. The van der Waals surface area contributed by atoms with Crippen molar-refractivity contribution in [2.45, 2.75) is 51.9 Å². The summed E-state index contributed by atoms with van der Waals surface area (Å²) in [5.41, 5.74) is 4.64. The number of nitrogens with one attached hydrogen (secondary N) is 1. The number of aromatic hydroxyl groups is 1. The smallest absolute Gasteiger partial charge is 0.123 e. The average molecular weight is 323 g/mol. The van der Waals surface area contributed by atoms with Gasteiger partial charge in [-0.25, -0.2) is 0 Å². The number of phenols is 1. The van der Waals surface area contributed by atoms with Crippen molar-refractivity contribution >= 4 is 11.0 Å². The summed E-state index contributed by atoms with van der Waals surface area (Å²) in [7, 11) is 0. The van der Waals surface area contributed by atoms with E-state index >= 15 is 0 Å². The zero-order chi connectivity index (χ0) is 16.8. The molecule has 0 saturated heterocycles. The molecule has 1 aromatic heterocycles. The molecule has 3 rings (SSSR count). The van der Waals surface area contributed by atoms with Gasteiger partial charge in [-0.15, -0.1) is 0 Å². The van der Waals surface area contributed by atoms with Crippen molar-refractivity contribution in [2.24, 2.45) is 0 Å². The van der Waals surface area contributed by atoms with Gasteiger partial charge in [0.1, 0.15) is 16.8 Å². The molecule has 0 fully saturated rings. The van der Waals surface area contributed by atoms with Crippen molar-refractivity contribution in [1.29, 1.82) is 0 Å². The molecule has 1 heterocycles. The van der Waals surface area contributed by atoms with Gasteiger partial charge in [0, 0.05) is 5.56 Å². The van der Waals surface area contributed by atoms with Gasteiger partial charge in [0.15, 0.2) is 0 Å².